The number of aryl methyl sites for hydroxylation is 1. The Morgan fingerprint density at radius 2 is 1.36 bits per heavy atom. The van der Waals surface area contributed by atoms with Crippen LogP contribution in [0.15, 0.2) is 89.9 Å². The van der Waals surface area contributed by atoms with Crippen molar-refractivity contribution in [3.63, 3.8) is 0 Å². The zero-order chi connectivity index (χ0) is 17.1. The monoisotopic (exact) mass is 343 g/mol. The Kier molecular flexibility index (Phi) is 4.71. The van der Waals surface area contributed by atoms with Crippen LogP contribution in [0.3, 0.4) is 0 Å². The lowest BCUT2D eigenvalue weighted by atomic mass is 9.98. The summed E-state index contributed by atoms with van der Waals surface area (Å²) in [5, 5.41) is 1.58. The summed E-state index contributed by atoms with van der Waals surface area (Å²) < 4.78 is 0. The summed E-state index contributed by atoms with van der Waals surface area (Å²) in [4.78, 5) is 5.11. The van der Waals surface area contributed by atoms with Crippen molar-refractivity contribution in [2.75, 3.05) is 0 Å². The second-order valence-corrected chi connectivity index (χ2v) is 7.67. The summed E-state index contributed by atoms with van der Waals surface area (Å²) in [6.45, 7) is 2.12. The van der Waals surface area contributed by atoms with Crippen LogP contribution in [0.4, 0.5) is 0 Å². The van der Waals surface area contributed by atoms with E-state index in [0.717, 1.165) is 11.5 Å². The first kappa shape index (κ1) is 16.2. The molecule has 0 bridgehead atoms. The maximum Gasteiger partial charge on any atom is 0.0990 e. The van der Waals surface area contributed by atoms with Crippen molar-refractivity contribution in [3.05, 3.63) is 107 Å². The van der Waals surface area contributed by atoms with E-state index in [-0.39, 0.29) is 6.04 Å². The van der Waals surface area contributed by atoms with E-state index in [0.29, 0.717) is 5.25 Å². The number of thioether (sulfide) groups is 1. The summed E-state index contributed by atoms with van der Waals surface area (Å²) in [5.41, 5.74) is 5.18. The largest absolute Gasteiger partial charge is 0.270 e. The van der Waals surface area contributed by atoms with Crippen LogP contribution < -0.4 is 0 Å². The predicted octanol–water partition coefficient (Wildman–Crippen LogP) is 6.36. The smallest absolute Gasteiger partial charge is 0.0990 e. The number of hydrogen-bond donors (Lipinski definition) is 0. The Hall–Kier alpha value is -2.32. The van der Waals surface area contributed by atoms with Crippen molar-refractivity contribution in [2.45, 2.75) is 24.6 Å². The van der Waals surface area contributed by atoms with E-state index in [1.165, 1.54) is 22.3 Å². The van der Waals surface area contributed by atoms with Gasteiger partial charge in [0, 0.05) is 10.8 Å². The fourth-order valence-electron chi connectivity index (χ4n) is 3.21. The molecule has 25 heavy (non-hydrogen) atoms. The molecule has 0 fully saturated rings. The second-order valence-electron chi connectivity index (χ2n) is 6.48. The lowest BCUT2D eigenvalue weighted by Crippen LogP contribution is -2.13. The highest BCUT2D eigenvalue weighted by molar-refractivity contribution is 8.14. The van der Waals surface area contributed by atoms with Gasteiger partial charge in [-0.05, 0) is 24.5 Å². The third kappa shape index (κ3) is 3.69. The molecular weight excluding hydrogens is 322 g/mol. The maximum absolute atomic E-state index is 5.11. The Morgan fingerprint density at radius 3 is 2.00 bits per heavy atom. The standard InChI is InChI=1S/C23H21NS/c1-17-12-14-20(15-13-17)23-24-21(18-8-4-2-5-9-18)16-22(25-23)19-10-6-3-7-11-19/h2-15,21-22H,16H2,1H3/t21-,22-/m1/s1. The highest BCUT2D eigenvalue weighted by Gasteiger charge is 2.27. The Morgan fingerprint density at radius 1 is 0.760 bits per heavy atom. The van der Waals surface area contributed by atoms with Gasteiger partial charge in [-0.2, -0.15) is 0 Å². The van der Waals surface area contributed by atoms with E-state index in [1.807, 2.05) is 11.8 Å². The second kappa shape index (κ2) is 7.28. The van der Waals surface area contributed by atoms with Gasteiger partial charge in [0.05, 0.1) is 11.1 Å². The zero-order valence-corrected chi connectivity index (χ0v) is 15.1. The van der Waals surface area contributed by atoms with E-state index in [1.54, 1.807) is 0 Å². The molecule has 1 aliphatic heterocycles. The summed E-state index contributed by atoms with van der Waals surface area (Å²) in [5.74, 6) is 0. The molecule has 0 spiro atoms. The van der Waals surface area contributed by atoms with Crippen molar-refractivity contribution in [1.29, 1.82) is 0 Å². The lowest BCUT2D eigenvalue weighted by molar-refractivity contribution is 0.641. The minimum absolute atomic E-state index is 0.212. The molecule has 0 saturated carbocycles. The molecule has 1 aliphatic rings. The molecule has 0 saturated heterocycles. The van der Waals surface area contributed by atoms with Crippen LogP contribution in [0.5, 0.6) is 0 Å². The van der Waals surface area contributed by atoms with Gasteiger partial charge >= 0.3 is 0 Å². The zero-order valence-electron chi connectivity index (χ0n) is 14.3. The molecule has 0 radical (unpaired) electrons. The molecule has 1 heterocycles. The number of aliphatic imine (C=N–C) groups is 1. The van der Waals surface area contributed by atoms with Gasteiger partial charge < -0.3 is 0 Å². The molecule has 0 aromatic heterocycles. The quantitative estimate of drug-likeness (QED) is 0.539. The third-order valence-electron chi connectivity index (χ3n) is 4.62. The fraction of sp³-hybridized carbons (Fsp3) is 0.174. The van der Waals surface area contributed by atoms with Crippen LogP contribution in [0, 0.1) is 6.92 Å². The molecule has 0 N–H and O–H groups in total. The normalized spacial score (nSPS) is 20.1. The highest BCUT2D eigenvalue weighted by Crippen LogP contribution is 2.45. The summed E-state index contributed by atoms with van der Waals surface area (Å²) in [6.07, 6.45) is 1.04. The van der Waals surface area contributed by atoms with Gasteiger partial charge in [0.15, 0.2) is 0 Å². The van der Waals surface area contributed by atoms with Crippen molar-refractivity contribution in [2.24, 2.45) is 4.99 Å². The molecule has 3 aromatic carbocycles. The first-order valence-corrected chi connectivity index (χ1v) is 9.59. The SMILES string of the molecule is Cc1ccc(C2=N[C@@H](c3ccccc3)C[C@H](c3ccccc3)S2)cc1. The van der Waals surface area contributed by atoms with Gasteiger partial charge in [0.25, 0.3) is 0 Å². The first-order valence-electron chi connectivity index (χ1n) is 8.71. The van der Waals surface area contributed by atoms with Crippen molar-refractivity contribution in [3.8, 4) is 0 Å². The Bertz CT molecular complexity index is 854. The topological polar surface area (TPSA) is 12.4 Å². The molecule has 2 heteroatoms. The molecule has 0 amide bonds. The summed E-state index contributed by atoms with van der Waals surface area (Å²) in [6, 6.07) is 30.4. The van der Waals surface area contributed by atoms with E-state index >= 15 is 0 Å². The van der Waals surface area contributed by atoms with Crippen LogP contribution in [-0.2, 0) is 0 Å². The average molecular weight is 343 g/mol. The predicted molar refractivity (Wildman–Crippen MR) is 108 cm³/mol. The minimum atomic E-state index is 0.212. The number of rotatable bonds is 3. The van der Waals surface area contributed by atoms with Crippen LogP contribution >= 0.6 is 11.8 Å². The van der Waals surface area contributed by atoms with E-state index < -0.39 is 0 Å². The van der Waals surface area contributed by atoms with Gasteiger partial charge in [-0.3, -0.25) is 4.99 Å². The summed E-state index contributed by atoms with van der Waals surface area (Å²) in [7, 11) is 0. The van der Waals surface area contributed by atoms with Gasteiger partial charge in [-0.1, -0.05) is 102 Å². The summed E-state index contributed by atoms with van der Waals surface area (Å²) >= 11 is 1.89. The highest BCUT2D eigenvalue weighted by atomic mass is 32.2. The van der Waals surface area contributed by atoms with Crippen LogP contribution in [0.25, 0.3) is 0 Å². The van der Waals surface area contributed by atoms with E-state index in [9.17, 15) is 0 Å². The molecule has 2 atom stereocenters. The molecule has 4 rings (SSSR count). The van der Waals surface area contributed by atoms with E-state index in [4.69, 9.17) is 4.99 Å². The van der Waals surface area contributed by atoms with Gasteiger partial charge in [0.2, 0.25) is 0 Å². The van der Waals surface area contributed by atoms with Crippen molar-refractivity contribution < 1.29 is 0 Å². The molecule has 124 valence electrons. The molecule has 3 aromatic rings. The van der Waals surface area contributed by atoms with Crippen molar-refractivity contribution >= 4 is 16.8 Å². The van der Waals surface area contributed by atoms with Crippen LogP contribution in [0.1, 0.15) is 40.0 Å². The van der Waals surface area contributed by atoms with Gasteiger partial charge in [0.1, 0.15) is 0 Å². The number of benzene rings is 3. The fourth-order valence-corrected chi connectivity index (χ4v) is 4.51. The molecule has 0 aliphatic carbocycles. The van der Waals surface area contributed by atoms with Crippen LogP contribution in [-0.4, -0.2) is 5.04 Å². The molecule has 0 unspecified atom stereocenters. The van der Waals surface area contributed by atoms with E-state index in [2.05, 4.69) is 91.9 Å². The van der Waals surface area contributed by atoms with Gasteiger partial charge in [-0.25, -0.2) is 0 Å². The molecular formula is C23H21NS. The minimum Gasteiger partial charge on any atom is -0.270 e. The lowest BCUT2D eigenvalue weighted by Gasteiger charge is -2.28. The van der Waals surface area contributed by atoms with Crippen LogP contribution in [0.2, 0.25) is 0 Å². The Balaban J connectivity index is 1.73. The first-order chi connectivity index (χ1) is 12.3. The number of hydrogen-bond acceptors (Lipinski definition) is 2. The third-order valence-corrected chi connectivity index (χ3v) is 5.93. The average Bonchev–Trinajstić information content (AvgIpc) is 2.69. The Labute approximate surface area is 153 Å². The number of nitrogens with zero attached hydrogens (tertiary/aromatic N) is 1. The van der Waals surface area contributed by atoms with Gasteiger partial charge in [-0.15, -0.1) is 0 Å². The maximum atomic E-state index is 5.11. The van der Waals surface area contributed by atoms with Crippen molar-refractivity contribution in [1.82, 2.24) is 0 Å². The molecule has 1 nitrogen and oxygen atoms in total.